The zero-order valence-electron chi connectivity index (χ0n) is 6.40. The van der Waals surface area contributed by atoms with Crippen molar-refractivity contribution < 1.29 is 24.5 Å². The van der Waals surface area contributed by atoms with E-state index in [1.807, 2.05) is 0 Å². The normalized spacial score (nSPS) is 19.2. The van der Waals surface area contributed by atoms with Gasteiger partial charge in [-0.15, -0.1) is 0 Å². The number of carbonyl (C=O) groups excluding carboxylic acids is 1. The summed E-state index contributed by atoms with van der Waals surface area (Å²) in [5.74, 6) is -0.144. The average molecular weight is 174 g/mol. The summed E-state index contributed by atoms with van der Waals surface area (Å²) in [6, 6.07) is 0. The van der Waals surface area contributed by atoms with Crippen LogP contribution in [0.1, 0.15) is 6.42 Å². The van der Waals surface area contributed by atoms with Crippen molar-refractivity contribution in [3.63, 3.8) is 0 Å². The molecule has 5 nitrogen and oxygen atoms in total. The van der Waals surface area contributed by atoms with Crippen LogP contribution in [-0.2, 0) is 14.3 Å². The van der Waals surface area contributed by atoms with Gasteiger partial charge in [0.2, 0.25) is 6.79 Å². The first-order valence-electron chi connectivity index (χ1n) is 3.51. The minimum Gasteiger partial charge on any atom is -0.461 e. The van der Waals surface area contributed by atoms with E-state index in [1.54, 1.807) is 0 Å². The molecule has 68 valence electrons. The summed E-state index contributed by atoms with van der Waals surface area (Å²) in [6.07, 6.45) is 0.399. The highest BCUT2D eigenvalue weighted by atomic mass is 16.7. The van der Waals surface area contributed by atoms with Crippen LogP contribution in [-0.4, -0.2) is 35.7 Å². The van der Waals surface area contributed by atoms with Crippen LogP contribution >= 0.6 is 0 Å². The Bertz CT molecular complexity index is 198. The summed E-state index contributed by atoms with van der Waals surface area (Å²) in [7, 11) is 0. The average Bonchev–Trinajstić information content (AvgIpc) is 2.04. The van der Waals surface area contributed by atoms with E-state index in [0.717, 1.165) is 6.08 Å². The fourth-order valence-electron chi connectivity index (χ4n) is 0.793. The molecule has 0 spiro atoms. The molecule has 0 radical (unpaired) electrons. The quantitative estimate of drug-likeness (QED) is 0.545. The lowest BCUT2D eigenvalue weighted by Crippen LogP contribution is -2.19. The van der Waals surface area contributed by atoms with Crippen molar-refractivity contribution in [2.24, 2.45) is 0 Å². The van der Waals surface area contributed by atoms with Crippen molar-refractivity contribution in [1.29, 1.82) is 0 Å². The smallest absolute Gasteiger partial charge is 0.337 e. The Morgan fingerprint density at radius 1 is 1.58 bits per heavy atom. The molecule has 0 aromatic rings. The van der Waals surface area contributed by atoms with Crippen molar-refractivity contribution in [3.8, 4) is 0 Å². The zero-order chi connectivity index (χ0) is 8.97. The van der Waals surface area contributed by atoms with Crippen molar-refractivity contribution in [1.82, 2.24) is 0 Å². The molecule has 0 aliphatic carbocycles. The van der Waals surface area contributed by atoms with Gasteiger partial charge in [-0.25, -0.2) is 4.79 Å². The Balaban J connectivity index is 2.45. The van der Waals surface area contributed by atoms with Gasteiger partial charge in [0.25, 0.3) is 0 Å². The summed E-state index contributed by atoms with van der Waals surface area (Å²) >= 11 is 0. The highest BCUT2D eigenvalue weighted by Gasteiger charge is 2.14. The molecule has 0 saturated carbocycles. The molecule has 0 saturated heterocycles. The first-order chi connectivity index (χ1) is 5.72. The fraction of sp³-hybridized carbons (Fsp3) is 0.571. The molecule has 0 bridgehead atoms. The van der Waals surface area contributed by atoms with E-state index in [0.29, 0.717) is 5.76 Å². The topological polar surface area (TPSA) is 76.0 Å². The summed E-state index contributed by atoms with van der Waals surface area (Å²) in [5, 5.41) is 17.5. The zero-order valence-corrected chi connectivity index (χ0v) is 6.40. The molecule has 0 fully saturated rings. The van der Waals surface area contributed by atoms with Crippen LogP contribution < -0.4 is 0 Å². The monoisotopic (exact) mass is 174 g/mol. The highest BCUT2D eigenvalue weighted by Crippen LogP contribution is 2.11. The van der Waals surface area contributed by atoms with Gasteiger partial charge >= 0.3 is 5.97 Å². The Hall–Kier alpha value is -1.07. The Labute approximate surface area is 69.2 Å². The van der Waals surface area contributed by atoms with Crippen LogP contribution in [0.25, 0.3) is 0 Å². The largest absolute Gasteiger partial charge is 0.461 e. The van der Waals surface area contributed by atoms with Gasteiger partial charge in [-0.05, 0) is 0 Å². The van der Waals surface area contributed by atoms with Gasteiger partial charge in [0.05, 0.1) is 18.8 Å². The fourth-order valence-corrected chi connectivity index (χ4v) is 0.793. The van der Waals surface area contributed by atoms with Crippen LogP contribution in [0, 0.1) is 0 Å². The number of cyclic esters (lactones) is 1. The van der Waals surface area contributed by atoms with Crippen LogP contribution in [0.4, 0.5) is 0 Å². The summed E-state index contributed by atoms with van der Waals surface area (Å²) in [6.45, 7) is -0.474. The number of esters is 1. The van der Waals surface area contributed by atoms with Gasteiger partial charge in [0.15, 0.2) is 0 Å². The van der Waals surface area contributed by atoms with Crippen LogP contribution in [0.15, 0.2) is 11.8 Å². The molecular weight excluding hydrogens is 164 g/mol. The third kappa shape index (κ3) is 2.52. The maximum absolute atomic E-state index is 10.6. The van der Waals surface area contributed by atoms with Crippen LogP contribution in [0.2, 0.25) is 0 Å². The van der Waals surface area contributed by atoms with Crippen molar-refractivity contribution in [3.05, 3.63) is 11.8 Å². The second-order valence-corrected chi connectivity index (χ2v) is 2.38. The lowest BCUT2D eigenvalue weighted by molar-refractivity contribution is -0.152. The number of rotatable bonds is 3. The molecular formula is C7H10O5. The van der Waals surface area contributed by atoms with Gasteiger partial charge in [-0.1, -0.05) is 0 Å². The molecule has 1 aliphatic heterocycles. The number of ether oxygens (including phenoxy) is 2. The molecule has 0 amide bonds. The van der Waals surface area contributed by atoms with Gasteiger partial charge in [0.1, 0.15) is 5.76 Å². The maximum Gasteiger partial charge on any atom is 0.337 e. The molecule has 1 heterocycles. The standard InChI is InChI=1S/C7H10O5/c8-3-5(9)1-6-2-7(10)12-4-11-6/h2,5,8-9H,1,3-4H2. The molecule has 1 atom stereocenters. The molecule has 0 aromatic heterocycles. The molecule has 1 unspecified atom stereocenters. The summed E-state index contributed by atoms with van der Waals surface area (Å²) < 4.78 is 9.31. The lowest BCUT2D eigenvalue weighted by atomic mass is 10.2. The van der Waals surface area contributed by atoms with E-state index >= 15 is 0 Å². The second-order valence-electron chi connectivity index (χ2n) is 2.38. The van der Waals surface area contributed by atoms with Crippen molar-refractivity contribution >= 4 is 5.97 Å². The van der Waals surface area contributed by atoms with E-state index in [9.17, 15) is 4.79 Å². The third-order valence-corrected chi connectivity index (χ3v) is 1.37. The number of aliphatic hydroxyl groups is 2. The summed E-state index contributed by atoms with van der Waals surface area (Å²) in [5.41, 5.74) is 0. The van der Waals surface area contributed by atoms with Gasteiger partial charge in [-0.2, -0.15) is 0 Å². The van der Waals surface area contributed by atoms with Gasteiger partial charge in [0, 0.05) is 6.42 Å². The first kappa shape index (κ1) is 9.02. The molecule has 1 aliphatic rings. The number of aliphatic hydroxyl groups excluding tert-OH is 2. The summed E-state index contributed by atoms with van der Waals surface area (Å²) in [4.78, 5) is 10.6. The Morgan fingerprint density at radius 3 is 2.92 bits per heavy atom. The van der Waals surface area contributed by atoms with Crippen molar-refractivity contribution in [2.45, 2.75) is 12.5 Å². The molecule has 0 aromatic carbocycles. The Morgan fingerprint density at radius 2 is 2.33 bits per heavy atom. The SMILES string of the molecule is O=C1C=C(CC(O)CO)OCO1. The maximum atomic E-state index is 10.6. The number of hydrogen-bond donors (Lipinski definition) is 2. The molecule has 1 rings (SSSR count). The highest BCUT2D eigenvalue weighted by molar-refractivity contribution is 5.82. The Kier molecular flexibility index (Phi) is 3.07. The third-order valence-electron chi connectivity index (χ3n) is 1.37. The van der Waals surface area contributed by atoms with Crippen molar-refractivity contribution in [2.75, 3.05) is 13.4 Å². The predicted octanol–water partition coefficient (Wildman–Crippen LogP) is -0.856. The molecule has 12 heavy (non-hydrogen) atoms. The van der Waals surface area contributed by atoms with E-state index in [1.165, 1.54) is 0 Å². The number of hydrogen-bond acceptors (Lipinski definition) is 5. The van der Waals surface area contributed by atoms with Crippen LogP contribution in [0.3, 0.4) is 0 Å². The lowest BCUT2D eigenvalue weighted by Gasteiger charge is -2.16. The van der Waals surface area contributed by atoms with E-state index in [4.69, 9.17) is 14.9 Å². The number of carbonyl (C=O) groups is 1. The van der Waals surface area contributed by atoms with Gasteiger partial charge in [-0.3, -0.25) is 0 Å². The van der Waals surface area contributed by atoms with Crippen LogP contribution in [0.5, 0.6) is 0 Å². The van der Waals surface area contributed by atoms with Gasteiger partial charge < -0.3 is 19.7 Å². The molecule has 5 heteroatoms. The minimum absolute atomic E-state index is 0.122. The van der Waals surface area contributed by atoms with E-state index < -0.39 is 12.1 Å². The minimum atomic E-state index is -0.887. The molecule has 2 N–H and O–H groups in total. The van der Waals surface area contributed by atoms with E-state index in [-0.39, 0.29) is 19.8 Å². The second kappa shape index (κ2) is 4.08. The first-order valence-corrected chi connectivity index (χ1v) is 3.51. The van der Waals surface area contributed by atoms with E-state index in [2.05, 4.69) is 4.74 Å². The predicted molar refractivity (Wildman–Crippen MR) is 37.8 cm³/mol.